The molecule has 1 saturated heterocycles. The monoisotopic (exact) mass is 350 g/mol. The number of amides is 1. The summed E-state index contributed by atoms with van der Waals surface area (Å²) in [6, 6.07) is 2.98. The summed E-state index contributed by atoms with van der Waals surface area (Å²) in [7, 11) is 1.24. The zero-order valence-electron chi connectivity index (χ0n) is 12.8. The fraction of sp³-hybridized carbons (Fsp3) is 0.333. The lowest BCUT2D eigenvalue weighted by molar-refractivity contribution is -0.156. The van der Waals surface area contributed by atoms with E-state index in [4.69, 9.17) is 0 Å². The van der Waals surface area contributed by atoms with E-state index >= 15 is 0 Å². The van der Waals surface area contributed by atoms with Gasteiger partial charge in [0.2, 0.25) is 5.91 Å². The number of carboxylic acids is 1. The van der Waals surface area contributed by atoms with Crippen LogP contribution in [0.5, 0.6) is 0 Å². The van der Waals surface area contributed by atoms with Crippen molar-refractivity contribution in [2.45, 2.75) is 18.4 Å². The lowest BCUT2D eigenvalue weighted by Crippen LogP contribution is -2.60. The van der Waals surface area contributed by atoms with Crippen molar-refractivity contribution in [2.24, 2.45) is 5.92 Å². The number of nitrogens with zero attached hydrogens (tertiary/aromatic N) is 2. The molecule has 2 N–H and O–H groups in total. The van der Waals surface area contributed by atoms with E-state index in [0.29, 0.717) is 10.5 Å². The summed E-state index contributed by atoms with van der Waals surface area (Å²) in [6.45, 7) is 1.51. The first-order chi connectivity index (χ1) is 11.4. The van der Waals surface area contributed by atoms with E-state index in [1.807, 2.05) is 0 Å². The summed E-state index contributed by atoms with van der Waals surface area (Å²) in [5.74, 6) is -2.87. The number of aliphatic hydroxyl groups excluding tert-OH is 1. The molecule has 0 radical (unpaired) electrons. The van der Waals surface area contributed by atoms with Crippen molar-refractivity contribution in [2.75, 3.05) is 7.11 Å². The van der Waals surface area contributed by atoms with E-state index < -0.39 is 35.2 Å². The topological polar surface area (TPSA) is 117 Å². The Morgan fingerprint density at radius 2 is 2.12 bits per heavy atom. The smallest absolute Gasteiger partial charge is 0.356 e. The summed E-state index contributed by atoms with van der Waals surface area (Å²) in [6.07, 6.45) is 0.506. The predicted octanol–water partition coefficient (Wildman–Crippen LogP) is 0.533. The average molecular weight is 350 g/mol. The van der Waals surface area contributed by atoms with Gasteiger partial charge in [-0.1, -0.05) is 11.8 Å². The van der Waals surface area contributed by atoms with Gasteiger partial charge in [0.05, 0.1) is 19.1 Å². The lowest BCUT2D eigenvalue weighted by Gasteiger charge is -2.43. The molecule has 0 bridgehead atoms. The van der Waals surface area contributed by atoms with Crippen LogP contribution in [0.3, 0.4) is 0 Å². The molecule has 0 aliphatic carbocycles. The molecule has 8 nitrogen and oxygen atoms in total. The van der Waals surface area contributed by atoms with Gasteiger partial charge < -0.3 is 14.9 Å². The maximum atomic E-state index is 12.1. The van der Waals surface area contributed by atoms with Crippen LogP contribution < -0.4 is 0 Å². The zero-order valence-corrected chi connectivity index (χ0v) is 13.6. The minimum absolute atomic E-state index is 0.0999. The van der Waals surface area contributed by atoms with Gasteiger partial charge in [0.1, 0.15) is 16.8 Å². The van der Waals surface area contributed by atoms with Crippen LogP contribution in [0, 0.1) is 5.92 Å². The number of aromatic nitrogens is 1. The number of carbonyl (C=O) groups is 3. The molecule has 0 spiro atoms. The second-order valence-corrected chi connectivity index (χ2v) is 6.52. The third-order valence-electron chi connectivity index (χ3n) is 3.92. The summed E-state index contributed by atoms with van der Waals surface area (Å²) in [4.78, 5) is 40.7. The quantitative estimate of drug-likeness (QED) is 0.597. The van der Waals surface area contributed by atoms with Gasteiger partial charge in [-0.25, -0.2) is 14.6 Å². The van der Waals surface area contributed by atoms with Crippen LogP contribution in [0.15, 0.2) is 24.0 Å². The maximum Gasteiger partial charge on any atom is 0.356 e. The number of hydrogen-bond donors (Lipinski definition) is 2. The number of thioether (sulfide) groups is 1. The SMILES string of the molecule is COC(=O)c1ccc(C2=C(C(=O)O)N3C(=O)[C@H]([C@@H](C)O)[C@H]3S2)cn1. The molecule has 1 amide bonds. The highest BCUT2D eigenvalue weighted by Gasteiger charge is 2.57. The number of carboxylic acid groups (broad SMARTS) is 1. The van der Waals surface area contributed by atoms with Crippen LogP contribution in [-0.4, -0.2) is 56.5 Å². The largest absolute Gasteiger partial charge is 0.477 e. The third kappa shape index (κ3) is 2.36. The first-order valence-electron chi connectivity index (χ1n) is 7.07. The highest BCUT2D eigenvalue weighted by molar-refractivity contribution is 8.09. The van der Waals surface area contributed by atoms with Crippen LogP contribution in [0.2, 0.25) is 0 Å². The summed E-state index contributed by atoms with van der Waals surface area (Å²) in [5, 5.41) is 18.7. The Balaban J connectivity index is 1.97. The summed E-state index contributed by atoms with van der Waals surface area (Å²) in [5.41, 5.74) is 0.457. The number of methoxy groups -OCH3 is 1. The van der Waals surface area contributed by atoms with Crippen LogP contribution in [0.4, 0.5) is 0 Å². The highest BCUT2D eigenvalue weighted by Crippen LogP contribution is 2.53. The van der Waals surface area contributed by atoms with Crippen molar-refractivity contribution < 1.29 is 29.3 Å². The van der Waals surface area contributed by atoms with E-state index in [1.165, 1.54) is 43.0 Å². The van der Waals surface area contributed by atoms with Gasteiger partial charge in [0, 0.05) is 16.7 Å². The molecule has 1 fully saturated rings. The normalized spacial score (nSPS) is 23.6. The average Bonchev–Trinajstić information content (AvgIpc) is 2.89. The van der Waals surface area contributed by atoms with Gasteiger partial charge >= 0.3 is 11.9 Å². The van der Waals surface area contributed by atoms with E-state index in [0.717, 1.165) is 0 Å². The van der Waals surface area contributed by atoms with E-state index in [1.54, 1.807) is 6.07 Å². The fourth-order valence-electron chi connectivity index (χ4n) is 2.74. The van der Waals surface area contributed by atoms with E-state index in [-0.39, 0.29) is 11.4 Å². The third-order valence-corrected chi connectivity index (χ3v) is 5.33. The molecular weight excluding hydrogens is 336 g/mol. The second-order valence-electron chi connectivity index (χ2n) is 5.39. The maximum absolute atomic E-state index is 12.1. The number of rotatable bonds is 4. The Bertz CT molecular complexity index is 758. The molecule has 2 aliphatic rings. The van der Waals surface area contributed by atoms with Gasteiger partial charge in [0.25, 0.3) is 0 Å². The molecule has 1 aromatic heterocycles. The predicted molar refractivity (Wildman–Crippen MR) is 83.5 cm³/mol. The van der Waals surface area contributed by atoms with Crippen LogP contribution in [-0.2, 0) is 14.3 Å². The van der Waals surface area contributed by atoms with Gasteiger partial charge in [-0.2, -0.15) is 0 Å². The number of β-lactam (4-membered cyclic amide) rings is 1. The van der Waals surface area contributed by atoms with Crippen molar-refractivity contribution in [3.63, 3.8) is 0 Å². The van der Waals surface area contributed by atoms with Crippen molar-refractivity contribution in [1.29, 1.82) is 0 Å². The Morgan fingerprint density at radius 3 is 2.62 bits per heavy atom. The van der Waals surface area contributed by atoms with Crippen molar-refractivity contribution >= 4 is 34.5 Å². The molecular formula is C15H14N2O6S. The molecule has 3 atom stereocenters. The molecule has 0 saturated carbocycles. The summed E-state index contributed by atoms with van der Waals surface area (Å²) < 4.78 is 4.57. The number of hydrogen-bond acceptors (Lipinski definition) is 7. The van der Waals surface area contributed by atoms with Gasteiger partial charge in [-0.15, -0.1) is 0 Å². The highest BCUT2D eigenvalue weighted by atomic mass is 32.2. The lowest BCUT2D eigenvalue weighted by atomic mass is 9.92. The Kier molecular flexibility index (Phi) is 4.06. The number of ether oxygens (including phenoxy) is 1. The molecule has 1 aromatic rings. The second kappa shape index (κ2) is 5.91. The molecule has 24 heavy (non-hydrogen) atoms. The van der Waals surface area contributed by atoms with Crippen LogP contribution in [0.25, 0.3) is 4.91 Å². The Labute approximate surface area is 141 Å². The van der Waals surface area contributed by atoms with Gasteiger partial charge in [-0.05, 0) is 19.1 Å². The molecule has 9 heteroatoms. The summed E-state index contributed by atoms with van der Waals surface area (Å²) >= 11 is 1.20. The van der Waals surface area contributed by atoms with Crippen LogP contribution in [0.1, 0.15) is 23.0 Å². The number of pyridine rings is 1. The van der Waals surface area contributed by atoms with Gasteiger partial charge in [0.15, 0.2) is 0 Å². The number of aliphatic carboxylic acids is 1. The molecule has 0 aromatic carbocycles. The van der Waals surface area contributed by atoms with E-state index in [2.05, 4.69) is 9.72 Å². The Hall–Kier alpha value is -2.39. The van der Waals surface area contributed by atoms with Crippen LogP contribution >= 0.6 is 11.8 Å². The first-order valence-corrected chi connectivity index (χ1v) is 7.95. The number of carbonyl (C=O) groups excluding carboxylic acids is 2. The van der Waals surface area contributed by atoms with Crippen molar-refractivity contribution in [1.82, 2.24) is 9.88 Å². The molecule has 0 unspecified atom stereocenters. The van der Waals surface area contributed by atoms with Gasteiger partial charge in [-0.3, -0.25) is 9.69 Å². The minimum Gasteiger partial charge on any atom is -0.477 e. The standard InChI is InChI=1S/C15H14N2O6S/c1-6(18)9-12(19)17-10(14(20)21)11(24-13(9)17)7-3-4-8(16-5-7)15(22)23-2/h3-6,9,13,18H,1-2H3,(H,20,21)/t6-,9+,13-/m1/s1. The van der Waals surface area contributed by atoms with Crippen molar-refractivity contribution in [3.05, 3.63) is 35.3 Å². The zero-order chi connectivity index (χ0) is 17.6. The van der Waals surface area contributed by atoms with Crippen molar-refractivity contribution in [3.8, 4) is 0 Å². The number of esters is 1. The minimum atomic E-state index is -1.23. The molecule has 126 valence electrons. The molecule has 3 heterocycles. The number of fused-ring (bicyclic) bond motifs is 1. The molecule has 2 aliphatic heterocycles. The first kappa shape index (κ1) is 16.5. The molecule has 3 rings (SSSR count). The van der Waals surface area contributed by atoms with E-state index in [9.17, 15) is 24.6 Å². The fourth-order valence-corrected chi connectivity index (χ4v) is 4.34. The number of aliphatic hydroxyl groups is 1. The Morgan fingerprint density at radius 1 is 1.42 bits per heavy atom.